The summed E-state index contributed by atoms with van der Waals surface area (Å²) in [5.41, 5.74) is 2.55. The van der Waals surface area contributed by atoms with E-state index in [1.807, 2.05) is 18.2 Å². The zero-order valence-electron chi connectivity index (χ0n) is 12.6. The number of likely N-dealkylation sites (tertiary alicyclic amines) is 1. The quantitative estimate of drug-likeness (QED) is 0.927. The van der Waals surface area contributed by atoms with Crippen molar-refractivity contribution in [2.24, 2.45) is 0 Å². The normalized spacial score (nSPS) is 24.9. The standard InChI is InChI=1S/C17H19F3N2O/c18-14-7-10-22(17(23)16(19)20)15(14)13-4-2-1-3-12(13)11-5-8-21-9-6-11/h1-5,14-16,21H,6-10H2. The molecule has 2 aliphatic rings. The van der Waals surface area contributed by atoms with Gasteiger partial charge >= 0.3 is 6.43 Å². The van der Waals surface area contributed by atoms with Gasteiger partial charge in [0.05, 0.1) is 6.04 Å². The average Bonchev–Trinajstić information content (AvgIpc) is 2.96. The zero-order chi connectivity index (χ0) is 16.4. The first kappa shape index (κ1) is 16.1. The molecule has 1 fully saturated rings. The molecule has 1 aromatic carbocycles. The van der Waals surface area contributed by atoms with Crippen LogP contribution in [0.2, 0.25) is 0 Å². The highest BCUT2D eigenvalue weighted by Gasteiger charge is 2.41. The van der Waals surface area contributed by atoms with Crippen LogP contribution >= 0.6 is 0 Å². The Morgan fingerprint density at radius 3 is 2.78 bits per heavy atom. The summed E-state index contributed by atoms with van der Waals surface area (Å²) < 4.78 is 40.1. The summed E-state index contributed by atoms with van der Waals surface area (Å²) in [5, 5.41) is 3.21. The van der Waals surface area contributed by atoms with E-state index in [0.29, 0.717) is 5.56 Å². The lowest BCUT2D eigenvalue weighted by molar-refractivity contribution is -0.144. The number of rotatable bonds is 3. The number of hydrogen-bond acceptors (Lipinski definition) is 2. The third-order valence-electron chi connectivity index (χ3n) is 4.48. The first-order valence-electron chi connectivity index (χ1n) is 7.81. The van der Waals surface area contributed by atoms with E-state index >= 15 is 0 Å². The van der Waals surface area contributed by atoms with E-state index in [0.717, 1.165) is 35.5 Å². The minimum Gasteiger partial charge on any atom is -0.328 e. The molecule has 1 aromatic rings. The minimum absolute atomic E-state index is 0.0317. The fraction of sp³-hybridized carbons (Fsp3) is 0.471. The van der Waals surface area contributed by atoms with E-state index in [4.69, 9.17) is 0 Å². The Morgan fingerprint density at radius 1 is 1.30 bits per heavy atom. The summed E-state index contributed by atoms with van der Waals surface area (Å²) in [7, 11) is 0. The molecule has 2 heterocycles. The fourth-order valence-electron chi connectivity index (χ4n) is 3.40. The Balaban J connectivity index is 1.99. The third kappa shape index (κ3) is 3.13. The highest BCUT2D eigenvalue weighted by molar-refractivity contribution is 5.81. The van der Waals surface area contributed by atoms with Crippen LogP contribution in [0.4, 0.5) is 13.2 Å². The van der Waals surface area contributed by atoms with Gasteiger partial charge in [0.1, 0.15) is 6.17 Å². The van der Waals surface area contributed by atoms with Crippen molar-refractivity contribution < 1.29 is 18.0 Å². The number of benzene rings is 1. The van der Waals surface area contributed by atoms with E-state index < -0.39 is 24.5 Å². The molecule has 0 radical (unpaired) electrons. The van der Waals surface area contributed by atoms with Crippen LogP contribution < -0.4 is 5.32 Å². The number of nitrogens with one attached hydrogen (secondary N) is 1. The van der Waals surface area contributed by atoms with Gasteiger partial charge in [0, 0.05) is 13.1 Å². The molecule has 2 atom stereocenters. The van der Waals surface area contributed by atoms with Crippen LogP contribution in [-0.2, 0) is 4.79 Å². The van der Waals surface area contributed by atoms with Crippen LogP contribution in [0.25, 0.3) is 5.57 Å². The molecule has 0 aliphatic carbocycles. The monoisotopic (exact) mass is 324 g/mol. The largest absolute Gasteiger partial charge is 0.328 e. The Bertz CT molecular complexity index is 618. The Morgan fingerprint density at radius 2 is 2.09 bits per heavy atom. The number of alkyl halides is 3. The number of carbonyl (C=O) groups is 1. The van der Waals surface area contributed by atoms with Crippen molar-refractivity contribution in [3.05, 3.63) is 41.5 Å². The van der Waals surface area contributed by atoms with Crippen LogP contribution in [0.1, 0.15) is 30.0 Å². The Hall–Kier alpha value is -1.82. The van der Waals surface area contributed by atoms with Gasteiger partial charge in [-0.1, -0.05) is 30.3 Å². The van der Waals surface area contributed by atoms with E-state index in [9.17, 15) is 18.0 Å². The molecule has 0 saturated carbocycles. The molecule has 1 amide bonds. The van der Waals surface area contributed by atoms with Crippen molar-refractivity contribution in [1.29, 1.82) is 0 Å². The number of hydrogen-bond donors (Lipinski definition) is 1. The summed E-state index contributed by atoms with van der Waals surface area (Å²) in [6, 6.07) is 6.30. The smallest absolute Gasteiger partial charge is 0.315 e. The summed E-state index contributed by atoms with van der Waals surface area (Å²) >= 11 is 0. The predicted molar refractivity (Wildman–Crippen MR) is 81.9 cm³/mol. The zero-order valence-corrected chi connectivity index (χ0v) is 12.6. The second kappa shape index (κ2) is 6.74. The van der Waals surface area contributed by atoms with Crippen LogP contribution in [0.3, 0.4) is 0 Å². The Kier molecular flexibility index (Phi) is 4.71. The second-order valence-corrected chi connectivity index (χ2v) is 5.85. The Labute approximate surface area is 133 Å². The SMILES string of the molecule is O=C(C(F)F)N1CCC(F)C1c1ccccc1C1=CCNCC1. The molecule has 23 heavy (non-hydrogen) atoms. The average molecular weight is 324 g/mol. The van der Waals surface area contributed by atoms with Gasteiger partial charge in [-0.15, -0.1) is 0 Å². The predicted octanol–water partition coefficient (Wildman–Crippen LogP) is 2.94. The van der Waals surface area contributed by atoms with Gasteiger partial charge in [-0.2, -0.15) is 8.78 Å². The van der Waals surface area contributed by atoms with Crippen molar-refractivity contribution in [1.82, 2.24) is 10.2 Å². The maximum absolute atomic E-state index is 14.4. The molecule has 2 aliphatic heterocycles. The lowest BCUT2D eigenvalue weighted by Crippen LogP contribution is -2.37. The molecule has 3 nitrogen and oxygen atoms in total. The minimum atomic E-state index is -3.10. The van der Waals surface area contributed by atoms with Crippen molar-refractivity contribution in [2.45, 2.75) is 31.5 Å². The molecule has 0 aromatic heterocycles. The first-order valence-corrected chi connectivity index (χ1v) is 7.81. The summed E-state index contributed by atoms with van der Waals surface area (Å²) in [4.78, 5) is 12.7. The van der Waals surface area contributed by atoms with Crippen LogP contribution in [0, 0.1) is 0 Å². The van der Waals surface area contributed by atoms with Gasteiger partial charge in [-0.05, 0) is 36.1 Å². The van der Waals surface area contributed by atoms with Crippen molar-refractivity contribution in [3.8, 4) is 0 Å². The first-order chi connectivity index (χ1) is 11.1. The summed E-state index contributed by atoms with van der Waals surface area (Å²) in [5.74, 6) is -1.29. The summed E-state index contributed by atoms with van der Waals surface area (Å²) in [6.45, 7) is 1.58. The van der Waals surface area contributed by atoms with Gasteiger partial charge in [0.25, 0.3) is 5.91 Å². The van der Waals surface area contributed by atoms with Gasteiger partial charge in [-0.25, -0.2) is 4.39 Å². The van der Waals surface area contributed by atoms with Crippen molar-refractivity contribution in [2.75, 3.05) is 19.6 Å². The lowest BCUT2D eigenvalue weighted by Gasteiger charge is -2.28. The molecule has 124 valence electrons. The number of amides is 1. The topological polar surface area (TPSA) is 32.3 Å². The molecule has 3 rings (SSSR count). The van der Waals surface area contributed by atoms with Crippen LogP contribution in [-0.4, -0.2) is 43.0 Å². The third-order valence-corrected chi connectivity index (χ3v) is 4.48. The van der Waals surface area contributed by atoms with Crippen LogP contribution in [0.15, 0.2) is 30.3 Å². The number of carbonyl (C=O) groups excluding carboxylic acids is 1. The van der Waals surface area contributed by atoms with Crippen LogP contribution in [0.5, 0.6) is 0 Å². The maximum atomic E-state index is 14.4. The highest BCUT2D eigenvalue weighted by Crippen LogP contribution is 2.39. The molecule has 0 bridgehead atoms. The molecule has 2 unspecified atom stereocenters. The van der Waals surface area contributed by atoms with Crippen molar-refractivity contribution in [3.63, 3.8) is 0 Å². The molecular formula is C17H19F3N2O. The maximum Gasteiger partial charge on any atom is 0.315 e. The van der Waals surface area contributed by atoms with Crippen molar-refractivity contribution >= 4 is 11.5 Å². The van der Waals surface area contributed by atoms with Gasteiger partial charge in [0.2, 0.25) is 0 Å². The number of halogens is 3. The van der Waals surface area contributed by atoms with E-state index in [2.05, 4.69) is 5.32 Å². The van der Waals surface area contributed by atoms with E-state index in [-0.39, 0.29) is 13.0 Å². The summed E-state index contributed by atoms with van der Waals surface area (Å²) in [6.07, 6.45) is -1.50. The highest BCUT2D eigenvalue weighted by atomic mass is 19.3. The van der Waals surface area contributed by atoms with Gasteiger partial charge < -0.3 is 10.2 Å². The molecule has 1 saturated heterocycles. The molecule has 1 N–H and O–H groups in total. The van der Waals surface area contributed by atoms with E-state index in [1.165, 1.54) is 0 Å². The van der Waals surface area contributed by atoms with Gasteiger partial charge in [-0.3, -0.25) is 4.79 Å². The van der Waals surface area contributed by atoms with E-state index in [1.54, 1.807) is 12.1 Å². The molecule has 6 heteroatoms. The molecule has 0 spiro atoms. The second-order valence-electron chi connectivity index (χ2n) is 5.85. The lowest BCUT2D eigenvalue weighted by atomic mass is 9.90. The fourth-order valence-corrected chi connectivity index (χ4v) is 3.40. The molecular weight excluding hydrogens is 305 g/mol. The van der Waals surface area contributed by atoms with Gasteiger partial charge in [0.15, 0.2) is 0 Å². The number of nitrogens with zero attached hydrogens (tertiary/aromatic N) is 1.